The average Bonchev–Trinajstić information content (AvgIpc) is 2.37. The second-order valence-corrected chi connectivity index (χ2v) is 3.78. The molecule has 0 aliphatic carbocycles. The summed E-state index contributed by atoms with van der Waals surface area (Å²) in [4.78, 5) is 6.57. The number of benzene rings is 1. The highest BCUT2D eigenvalue weighted by atomic mass is 19.4. The lowest BCUT2D eigenvalue weighted by molar-refractivity contribution is -0.141. The molecule has 0 aliphatic heterocycles. The summed E-state index contributed by atoms with van der Waals surface area (Å²) < 4.78 is 75.0. The van der Waals surface area contributed by atoms with Gasteiger partial charge in [0.15, 0.2) is 0 Å². The van der Waals surface area contributed by atoms with Crippen LogP contribution < -0.4 is 0 Å². The van der Waals surface area contributed by atoms with Crippen LogP contribution in [0.4, 0.5) is 26.3 Å². The third-order valence-corrected chi connectivity index (χ3v) is 2.36. The highest BCUT2D eigenvalue weighted by Crippen LogP contribution is 2.33. The molecule has 20 heavy (non-hydrogen) atoms. The van der Waals surface area contributed by atoms with Gasteiger partial charge >= 0.3 is 12.4 Å². The van der Waals surface area contributed by atoms with E-state index in [9.17, 15) is 26.3 Å². The van der Waals surface area contributed by atoms with Crippen molar-refractivity contribution >= 4 is 0 Å². The van der Waals surface area contributed by atoms with Crippen LogP contribution >= 0.6 is 0 Å². The molecule has 1 radical (unpaired) electrons. The summed E-state index contributed by atoms with van der Waals surface area (Å²) in [7, 11) is 0. The molecule has 0 atom stereocenters. The van der Waals surface area contributed by atoms with Crippen molar-refractivity contribution in [1.29, 1.82) is 0 Å². The Bertz CT molecular complexity index is 562. The van der Waals surface area contributed by atoms with Gasteiger partial charge in [-0.25, -0.2) is 9.97 Å². The van der Waals surface area contributed by atoms with Crippen molar-refractivity contribution in [2.24, 2.45) is 0 Å². The summed E-state index contributed by atoms with van der Waals surface area (Å²) in [6.07, 6.45) is -8.64. The van der Waals surface area contributed by atoms with E-state index in [1.807, 2.05) is 0 Å². The quantitative estimate of drug-likeness (QED) is 0.743. The van der Waals surface area contributed by atoms with Crippen LogP contribution in [0.25, 0.3) is 11.3 Å². The van der Waals surface area contributed by atoms with Crippen molar-refractivity contribution < 1.29 is 26.3 Å². The van der Waals surface area contributed by atoms with Gasteiger partial charge in [-0.1, -0.05) is 6.07 Å². The second-order valence-electron chi connectivity index (χ2n) is 3.78. The maximum atomic E-state index is 12.5. The number of hydrogen-bond acceptors (Lipinski definition) is 2. The van der Waals surface area contributed by atoms with Crippen molar-refractivity contribution in [1.82, 2.24) is 9.97 Å². The lowest BCUT2D eigenvalue weighted by Crippen LogP contribution is -2.09. The van der Waals surface area contributed by atoms with Crippen LogP contribution in [-0.4, -0.2) is 9.97 Å². The van der Waals surface area contributed by atoms with Gasteiger partial charge in [-0.2, -0.15) is 26.3 Å². The average molecular weight is 291 g/mol. The van der Waals surface area contributed by atoms with Crippen LogP contribution in [0, 0.1) is 6.07 Å². The number of nitrogens with zero attached hydrogens (tertiary/aromatic N) is 2. The Hall–Kier alpha value is -2.12. The van der Waals surface area contributed by atoms with Gasteiger partial charge < -0.3 is 0 Å². The lowest BCUT2D eigenvalue weighted by atomic mass is 10.1. The van der Waals surface area contributed by atoms with Gasteiger partial charge in [-0.3, -0.25) is 0 Å². The summed E-state index contributed by atoms with van der Waals surface area (Å²) in [5, 5.41) is 0. The topological polar surface area (TPSA) is 25.8 Å². The van der Waals surface area contributed by atoms with E-state index in [-0.39, 0.29) is 11.3 Å². The molecule has 2 aromatic rings. The van der Waals surface area contributed by atoms with Crippen molar-refractivity contribution in [3.63, 3.8) is 0 Å². The lowest BCUT2D eigenvalue weighted by Gasteiger charge is -2.09. The predicted molar refractivity (Wildman–Crippen MR) is 56.3 cm³/mol. The molecule has 0 unspecified atom stereocenters. The zero-order valence-electron chi connectivity index (χ0n) is 9.55. The van der Waals surface area contributed by atoms with Crippen LogP contribution in [-0.2, 0) is 12.4 Å². The van der Waals surface area contributed by atoms with Gasteiger partial charge in [0.1, 0.15) is 12.0 Å². The zero-order valence-corrected chi connectivity index (χ0v) is 9.55. The first-order valence-corrected chi connectivity index (χ1v) is 5.16. The van der Waals surface area contributed by atoms with E-state index in [1.165, 1.54) is 0 Å². The Morgan fingerprint density at radius 3 is 2.20 bits per heavy atom. The van der Waals surface area contributed by atoms with Crippen LogP contribution in [0.2, 0.25) is 0 Å². The second kappa shape index (κ2) is 4.77. The first-order chi connectivity index (χ1) is 9.18. The molecular weight excluding hydrogens is 286 g/mol. The number of aromatic nitrogens is 2. The van der Waals surface area contributed by atoms with Crippen LogP contribution in [0.1, 0.15) is 11.3 Å². The minimum Gasteiger partial charge on any atom is -0.236 e. The van der Waals surface area contributed by atoms with Crippen LogP contribution in [0.5, 0.6) is 0 Å². The molecule has 0 fully saturated rings. The Labute approximate surface area is 109 Å². The summed E-state index contributed by atoms with van der Waals surface area (Å²) in [6.45, 7) is 0. The van der Waals surface area contributed by atoms with E-state index in [0.717, 1.165) is 12.1 Å². The standard InChI is InChI=1S/C12H5F6N2/c13-11(14,15)8-3-1-2-7(4-8)9-5-10(12(16,17)18)20-6-19-9/h1,3-6H. The monoisotopic (exact) mass is 291 g/mol. The highest BCUT2D eigenvalue weighted by molar-refractivity contribution is 5.59. The number of alkyl halides is 6. The fourth-order valence-electron chi connectivity index (χ4n) is 1.45. The van der Waals surface area contributed by atoms with Gasteiger partial charge in [0.25, 0.3) is 0 Å². The van der Waals surface area contributed by atoms with E-state index in [2.05, 4.69) is 16.0 Å². The maximum Gasteiger partial charge on any atom is 0.433 e. The molecule has 105 valence electrons. The molecule has 8 heteroatoms. The van der Waals surface area contributed by atoms with E-state index >= 15 is 0 Å². The highest BCUT2D eigenvalue weighted by Gasteiger charge is 2.33. The van der Waals surface area contributed by atoms with Crippen molar-refractivity contribution in [2.75, 3.05) is 0 Å². The minimum atomic E-state index is -4.70. The number of halogens is 6. The number of rotatable bonds is 1. The molecule has 1 heterocycles. The molecular formula is C12H5F6N2. The molecule has 0 saturated carbocycles. The van der Waals surface area contributed by atoms with Crippen molar-refractivity contribution in [3.05, 3.63) is 47.9 Å². The Morgan fingerprint density at radius 1 is 0.900 bits per heavy atom. The predicted octanol–water partition coefficient (Wildman–Crippen LogP) is 3.98. The molecule has 0 N–H and O–H groups in total. The number of hydrogen-bond donors (Lipinski definition) is 0. The van der Waals surface area contributed by atoms with Gasteiger partial charge in [-0.15, -0.1) is 0 Å². The smallest absolute Gasteiger partial charge is 0.236 e. The summed E-state index contributed by atoms with van der Waals surface area (Å²) >= 11 is 0. The van der Waals surface area contributed by atoms with E-state index < -0.39 is 23.6 Å². The molecule has 0 saturated heterocycles. The van der Waals surface area contributed by atoms with Crippen molar-refractivity contribution in [3.8, 4) is 11.3 Å². The normalized spacial score (nSPS) is 12.5. The fraction of sp³-hybridized carbons (Fsp3) is 0.167. The molecule has 2 rings (SSSR count). The first kappa shape index (κ1) is 14.3. The maximum absolute atomic E-state index is 12.5. The van der Waals surface area contributed by atoms with Crippen LogP contribution in [0.3, 0.4) is 0 Å². The first-order valence-electron chi connectivity index (χ1n) is 5.16. The van der Waals surface area contributed by atoms with E-state index in [4.69, 9.17) is 0 Å². The summed E-state index contributed by atoms with van der Waals surface area (Å²) in [5.74, 6) is 0. The van der Waals surface area contributed by atoms with E-state index in [1.54, 1.807) is 0 Å². The molecule has 1 aromatic carbocycles. The molecule has 0 amide bonds. The fourth-order valence-corrected chi connectivity index (χ4v) is 1.45. The Morgan fingerprint density at radius 2 is 1.60 bits per heavy atom. The molecule has 0 bridgehead atoms. The van der Waals surface area contributed by atoms with Gasteiger partial charge in [0, 0.05) is 5.56 Å². The zero-order chi connectivity index (χ0) is 15.0. The van der Waals surface area contributed by atoms with Crippen molar-refractivity contribution in [2.45, 2.75) is 12.4 Å². The Balaban J connectivity index is 2.47. The Kier molecular flexibility index (Phi) is 3.41. The largest absolute Gasteiger partial charge is 0.433 e. The third-order valence-electron chi connectivity index (χ3n) is 2.36. The summed E-state index contributed by atoms with van der Waals surface area (Å²) in [6, 6.07) is 5.43. The van der Waals surface area contributed by atoms with Gasteiger partial charge in [-0.05, 0) is 24.3 Å². The molecule has 0 aliphatic rings. The molecule has 0 spiro atoms. The molecule has 2 nitrogen and oxygen atoms in total. The van der Waals surface area contributed by atoms with Crippen LogP contribution in [0.15, 0.2) is 30.6 Å². The van der Waals surface area contributed by atoms with Gasteiger partial charge in [0.2, 0.25) is 0 Å². The minimum absolute atomic E-state index is 0.187. The molecule has 1 aromatic heterocycles. The SMILES string of the molecule is FC(F)(F)c1cc[c]c(-c2cc(C(F)(F)F)ncn2)c1. The summed E-state index contributed by atoms with van der Waals surface area (Å²) in [5.41, 5.74) is -2.68. The van der Waals surface area contributed by atoms with E-state index in [0.29, 0.717) is 18.5 Å². The van der Waals surface area contributed by atoms with Gasteiger partial charge in [0.05, 0.1) is 11.3 Å². The third kappa shape index (κ3) is 3.06.